The first-order valence-electron chi connectivity index (χ1n) is 11.1. The number of hydrogen-bond acceptors (Lipinski definition) is 5. The van der Waals surface area contributed by atoms with Gasteiger partial charge in [-0.15, -0.1) is 0 Å². The van der Waals surface area contributed by atoms with E-state index >= 15 is 0 Å². The van der Waals surface area contributed by atoms with Crippen molar-refractivity contribution in [1.82, 2.24) is 24.6 Å². The number of aryl methyl sites for hydroxylation is 1. The van der Waals surface area contributed by atoms with Crippen LogP contribution in [-0.4, -0.2) is 43.6 Å². The maximum atomic E-state index is 12.2. The zero-order chi connectivity index (χ0) is 22.8. The van der Waals surface area contributed by atoms with Crippen LogP contribution in [0.5, 0.6) is 11.5 Å². The molecule has 33 heavy (non-hydrogen) atoms. The summed E-state index contributed by atoms with van der Waals surface area (Å²) in [7, 11) is 0. The lowest BCUT2D eigenvalue weighted by Crippen LogP contribution is -2.40. The Morgan fingerprint density at radius 2 is 2.06 bits per heavy atom. The monoisotopic (exact) mass is 439 g/mol. The van der Waals surface area contributed by atoms with Crippen molar-refractivity contribution >= 4 is 16.9 Å². The minimum atomic E-state index is -0.0457. The van der Waals surface area contributed by atoms with Crippen molar-refractivity contribution in [2.75, 3.05) is 13.1 Å². The average molecular weight is 440 g/mol. The van der Waals surface area contributed by atoms with Crippen LogP contribution in [0.2, 0.25) is 0 Å². The number of ether oxygens (including phenoxy) is 1. The minimum Gasteiger partial charge on any atom is -0.457 e. The largest absolute Gasteiger partial charge is 0.457 e. The topological polar surface area (TPSA) is 73.1 Å². The number of piperidine rings is 1. The Morgan fingerprint density at radius 3 is 2.85 bits per heavy atom. The molecule has 4 aromatic rings. The number of hydrogen-bond donors (Lipinski definition) is 0. The van der Waals surface area contributed by atoms with Crippen molar-refractivity contribution in [1.29, 1.82) is 0 Å². The molecule has 1 aliphatic heterocycles. The van der Waals surface area contributed by atoms with Gasteiger partial charge in [-0.05, 0) is 61.7 Å². The zero-order valence-corrected chi connectivity index (χ0v) is 18.5. The van der Waals surface area contributed by atoms with Gasteiger partial charge in [0.15, 0.2) is 5.65 Å². The Morgan fingerprint density at radius 1 is 1.21 bits per heavy atom. The van der Waals surface area contributed by atoms with Gasteiger partial charge in [-0.1, -0.05) is 24.8 Å². The fourth-order valence-corrected chi connectivity index (χ4v) is 4.36. The molecule has 0 unspecified atom stereocenters. The fourth-order valence-electron chi connectivity index (χ4n) is 4.36. The number of fused-ring (bicyclic) bond motifs is 1. The van der Waals surface area contributed by atoms with E-state index in [0.717, 1.165) is 58.7 Å². The summed E-state index contributed by atoms with van der Waals surface area (Å²) in [4.78, 5) is 22.8. The molecule has 0 aliphatic carbocycles. The second-order valence-electron chi connectivity index (χ2n) is 8.23. The van der Waals surface area contributed by atoms with Gasteiger partial charge in [-0.25, -0.2) is 14.6 Å². The van der Waals surface area contributed by atoms with Crippen molar-refractivity contribution in [3.05, 3.63) is 79.3 Å². The summed E-state index contributed by atoms with van der Waals surface area (Å²) >= 11 is 0. The van der Waals surface area contributed by atoms with Crippen molar-refractivity contribution in [3.63, 3.8) is 0 Å². The van der Waals surface area contributed by atoms with E-state index in [9.17, 15) is 4.79 Å². The number of aromatic nitrogens is 4. The summed E-state index contributed by atoms with van der Waals surface area (Å²) < 4.78 is 7.99. The highest BCUT2D eigenvalue weighted by atomic mass is 16.5. The van der Waals surface area contributed by atoms with Gasteiger partial charge in [0.1, 0.15) is 23.5 Å². The third-order valence-corrected chi connectivity index (χ3v) is 6.02. The third kappa shape index (κ3) is 4.09. The smallest absolute Gasteiger partial charge is 0.246 e. The lowest BCUT2D eigenvalue weighted by molar-refractivity contribution is -0.127. The third-order valence-electron chi connectivity index (χ3n) is 6.02. The molecule has 1 amide bonds. The number of nitrogens with zero attached hydrogens (tertiary/aromatic N) is 5. The summed E-state index contributed by atoms with van der Waals surface area (Å²) in [6.07, 6.45) is 6.57. The Balaban J connectivity index is 1.50. The van der Waals surface area contributed by atoms with Gasteiger partial charge >= 0.3 is 0 Å². The van der Waals surface area contributed by atoms with Gasteiger partial charge in [0.2, 0.25) is 5.91 Å². The number of carbonyl (C=O) groups excluding carboxylic acids is 1. The van der Waals surface area contributed by atoms with Crippen molar-refractivity contribution in [2.24, 2.45) is 0 Å². The number of rotatable bonds is 5. The van der Waals surface area contributed by atoms with Crippen LogP contribution in [0.4, 0.5) is 0 Å². The maximum absolute atomic E-state index is 12.2. The molecule has 7 nitrogen and oxygen atoms in total. The van der Waals surface area contributed by atoms with Crippen LogP contribution in [-0.2, 0) is 4.79 Å². The number of amides is 1. The normalized spacial score (nSPS) is 16.0. The maximum Gasteiger partial charge on any atom is 0.246 e. The Kier molecular flexibility index (Phi) is 5.60. The second-order valence-corrected chi connectivity index (χ2v) is 8.23. The predicted octanol–water partition coefficient (Wildman–Crippen LogP) is 4.94. The molecule has 5 rings (SSSR count). The van der Waals surface area contributed by atoms with E-state index in [1.807, 2.05) is 59.0 Å². The number of likely N-dealkylation sites (tertiary alicyclic amines) is 1. The molecule has 0 radical (unpaired) electrons. The molecule has 1 fully saturated rings. The minimum absolute atomic E-state index is 0.0457. The van der Waals surface area contributed by atoms with Crippen LogP contribution in [0.3, 0.4) is 0 Å². The van der Waals surface area contributed by atoms with Crippen molar-refractivity contribution < 1.29 is 9.53 Å². The van der Waals surface area contributed by atoms with E-state index in [1.165, 1.54) is 6.08 Å². The van der Waals surface area contributed by atoms with E-state index in [1.54, 1.807) is 12.5 Å². The van der Waals surface area contributed by atoms with Gasteiger partial charge in [0.05, 0.1) is 11.4 Å². The molecule has 2 aromatic carbocycles. The van der Waals surface area contributed by atoms with Crippen LogP contribution in [0.25, 0.3) is 22.3 Å². The summed E-state index contributed by atoms with van der Waals surface area (Å²) in [6, 6.07) is 15.8. The fraction of sp³-hybridized carbons (Fsp3) is 0.231. The number of para-hydroxylation sites is 1. The highest BCUT2D eigenvalue weighted by molar-refractivity contribution is 5.91. The molecule has 0 N–H and O–H groups in total. The van der Waals surface area contributed by atoms with Gasteiger partial charge in [0, 0.05) is 24.8 Å². The van der Waals surface area contributed by atoms with E-state index in [0.29, 0.717) is 6.54 Å². The molecule has 2 aromatic heterocycles. The molecule has 7 heteroatoms. The lowest BCUT2D eigenvalue weighted by atomic mass is 10.1. The lowest BCUT2D eigenvalue weighted by Gasteiger charge is -2.32. The second kappa shape index (κ2) is 8.86. The van der Waals surface area contributed by atoms with Crippen LogP contribution in [0.1, 0.15) is 24.4 Å². The van der Waals surface area contributed by atoms with E-state index in [4.69, 9.17) is 9.84 Å². The standard InChI is InChI=1S/C26H25N5O2/c1-3-24(32)30-13-7-8-20(16-30)31-26-22(15-27-17-28-26)25(29-31)19-11-12-23(18(2)14-19)33-21-9-5-4-6-10-21/h3-6,9-12,14-15,17,20H,1,7-8,13,16H2,2H3/t20-/m0/s1. The summed E-state index contributed by atoms with van der Waals surface area (Å²) in [6.45, 7) is 6.98. The molecule has 0 saturated carbocycles. The molecule has 0 spiro atoms. The predicted molar refractivity (Wildman–Crippen MR) is 127 cm³/mol. The first-order valence-corrected chi connectivity index (χ1v) is 11.1. The highest BCUT2D eigenvalue weighted by Crippen LogP contribution is 2.34. The molecular formula is C26H25N5O2. The zero-order valence-electron chi connectivity index (χ0n) is 18.5. The quantitative estimate of drug-likeness (QED) is 0.412. The van der Waals surface area contributed by atoms with Gasteiger partial charge < -0.3 is 9.64 Å². The summed E-state index contributed by atoms with van der Waals surface area (Å²) in [5.41, 5.74) is 3.59. The molecular weight excluding hydrogens is 414 g/mol. The Bertz CT molecular complexity index is 1320. The SMILES string of the molecule is C=CC(=O)N1CCC[C@H](n2nc(-c3ccc(Oc4ccccc4)c(C)c3)c3cncnc32)C1. The number of benzene rings is 2. The molecule has 1 aliphatic rings. The molecule has 166 valence electrons. The molecule has 0 bridgehead atoms. The molecule has 1 atom stereocenters. The van der Waals surface area contributed by atoms with Crippen molar-refractivity contribution in [2.45, 2.75) is 25.8 Å². The Hall–Kier alpha value is -4.00. The van der Waals surface area contributed by atoms with Gasteiger partial charge in [-0.3, -0.25) is 4.79 Å². The van der Waals surface area contributed by atoms with Crippen molar-refractivity contribution in [3.8, 4) is 22.8 Å². The van der Waals surface area contributed by atoms with E-state index in [-0.39, 0.29) is 11.9 Å². The number of carbonyl (C=O) groups is 1. The molecule has 1 saturated heterocycles. The average Bonchev–Trinajstić information content (AvgIpc) is 3.25. The van der Waals surface area contributed by atoms with E-state index < -0.39 is 0 Å². The van der Waals surface area contributed by atoms with Crippen LogP contribution in [0.15, 0.2) is 73.7 Å². The first kappa shape index (κ1) is 20.9. The highest BCUT2D eigenvalue weighted by Gasteiger charge is 2.27. The first-order chi connectivity index (χ1) is 16.1. The van der Waals surface area contributed by atoms with Gasteiger partial charge in [0.25, 0.3) is 0 Å². The van der Waals surface area contributed by atoms with Gasteiger partial charge in [-0.2, -0.15) is 5.10 Å². The van der Waals surface area contributed by atoms with Crippen LogP contribution < -0.4 is 4.74 Å². The van der Waals surface area contributed by atoms with E-state index in [2.05, 4.69) is 22.6 Å². The Labute approximate surface area is 192 Å². The summed E-state index contributed by atoms with van der Waals surface area (Å²) in [5.74, 6) is 1.55. The van der Waals surface area contributed by atoms with Crippen LogP contribution >= 0.6 is 0 Å². The van der Waals surface area contributed by atoms with Crippen LogP contribution in [0, 0.1) is 6.92 Å². The molecule has 3 heterocycles. The summed E-state index contributed by atoms with van der Waals surface area (Å²) in [5, 5.41) is 5.86.